The summed E-state index contributed by atoms with van der Waals surface area (Å²) >= 11 is 0. The minimum atomic E-state index is -0.133. The van der Waals surface area contributed by atoms with Gasteiger partial charge in [0.2, 0.25) is 0 Å². The molecule has 0 aromatic heterocycles. The van der Waals surface area contributed by atoms with Crippen LogP contribution in [0, 0.1) is 6.92 Å². The van der Waals surface area contributed by atoms with Gasteiger partial charge >= 0.3 is 0 Å². The first-order chi connectivity index (χ1) is 8.29. The van der Waals surface area contributed by atoms with Crippen LogP contribution in [0.5, 0.6) is 0 Å². The highest BCUT2D eigenvalue weighted by Gasteiger charge is 2.21. The number of hydrogen-bond acceptors (Lipinski definition) is 2. The van der Waals surface area contributed by atoms with Crippen molar-refractivity contribution in [1.29, 1.82) is 0 Å². The van der Waals surface area contributed by atoms with Crippen molar-refractivity contribution in [1.82, 2.24) is 5.32 Å². The molecular formula is C16H27NO. The number of benzene rings is 1. The van der Waals surface area contributed by atoms with Crippen molar-refractivity contribution < 1.29 is 4.74 Å². The Hall–Kier alpha value is -0.860. The monoisotopic (exact) mass is 249 g/mol. The number of aryl methyl sites for hydroxylation is 1. The van der Waals surface area contributed by atoms with Crippen LogP contribution in [0.2, 0.25) is 0 Å². The van der Waals surface area contributed by atoms with E-state index in [0.29, 0.717) is 6.04 Å². The fourth-order valence-corrected chi connectivity index (χ4v) is 1.93. The van der Waals surface area contributed by atoms with Gasteiger partial charge in [-0.1, -0.05) is 38.1 Å². The second-order valence-electron chi connectivity index (χ2n) is 6.14. The summed E-state index contributed by atoms with van der Waals surface area (Å²) in [5.74, 6) is 0. The van der Waals surface area contributed by atoms with E-state index in [-0.39, 0.29) is 11.7 Å². The number of rotatable bonds is 5. The van der Waals surface area contributed by atoms with E-state index in [1.165, 1.54) is 11.1 Å². The zero-order valence-electron chi connectivity index (χ0n) is 12.6. The summed E-state index contributed by atoms with van der Waals surface area (Å²) in [6.07, 6.45) is 0.105. The molecule has 0 aliphatic carbocycles. The maximum atomic E-state index is 6.19. The van der Waals surface area contributed by atoms with E-state index in [4.69, 9.17) is 4.74 Å². The van der Waals surface area contributed by atoms with Crippen LogP contribution in [0.3, 0.4) is 0 Å². The van der Waals surface area contributed by atoms with Crippen LogP contribution in [0.4, 0.5) is 0 Å². The first-order valence-corrected chi connectivity index (χ1v) is 6.76. The Kier molecular flexibility index (Phi) is 5.36. The van der Waals surface area contributed by atoms with E-state index in [9.17, 15) is 0 Å². The summed E-state index contributed by atoms with van der Waals surface area (Å²) in [7, 11) is 0. The molecule has 2 nitrogen and oxygen atoms in total. The minimum Gasteiger partial charge on any atom is -0.367 e. The van der Waals surface area contributed by atoms with Gasteiger partial charge in [0.05, 0.1) is 11.7 Å². The molecule has 102 valence electrons. The van der Waals surface area contributed by atoms with Gasteiger partial charge in [-0.2, -0.15) is 0 Å². The fourth-order valence-electron chi connectivity index (χ4n) is 1.93. The Morgan fingerprint density at radius 3 is 2.28 bits per heavy atom. The highest BCUT2D eigenvalue weighted by molar-refractivity contribution is 5.28. The Bertz CT molecular complexity index is 366. The number of nitrogens with one attached hydrogen (secondary N) is 1. The molecule has 0 saturated carbocycles. The average molecular weight is 249 g/mol. The summed E-state index contributed by atoms with van der Waals surface area (Å²) in [4.78, 5) is 0. The lowest BCUT2D eigenvalue weighted by atomic mass is 10.0. The lowest BCUT2D eigenvalue weighted by molar-refractivity contribution is -0.0614. The van der Waals surface area contributed by atoms with Crippen molar-refractivity contribution in [3.63, 3.8) is 0 Å². The van der Waals surface area contributed by atoms with E-state index in [1.807, 2.05) is 0 Å². The van der Waals surface area contributed by atoms with Crippen LogP contribution in [-0.2, 0) is 4.74 Å². The largest absolute Gasteiger partial charge is 0.367 e. The molecule has 0 aliphatic heterocycles. The van der Waals surface area contributed by atoms with Crippen LogP contribution in [0.1, 0.15) is 51.8 Å². The molecule has 18 heavy (non-hydrogen) atoms. The van der Waals surface area contributed by atoms with Crippen molar-refractivity contribution in [2.24, 2.45) is 0 Å². The van der Waals surface area contributed by atoms with Gasteiger partial charge in [-0.25, -0.2) is 0 Å². The molecule has 1 rings (SSSR count). The molecule has 0 bridgehead atoms. The molecule has 0 spiro atoms. The second-order valence-corrected chi connectivity index (χ2v) is 6.14. The van der Waals surface area contributed by atoms with Gasteiger partial charge in [-0.05, 0) is 38.8 Å². The molecule has 0 radical (unpaired) electrons. The summed E-state index contributed by atoms with van der Waals surface area (Å²) in [6.45, 7) is 13.6. The molecule has 1 aromatic carbocycles. The number of ether oxygens (including phenoxy) is 1. The Morgan fingerprint density at radius 2 is 1.78 bits per heavy atom. The van der Waals surface area contributed by atoms with Crippen LogP contribution in [-0.4, -0.2) is 18.2 Å². The van der Waals surface area contributed by atoms with Crippen molar-refractivity contribution in [2.45, 2.75) is 59.3 Å². The molecular weight excluding hydrogens is 222 g/mol. The fraction of sp³-hybridized carbons (Fsp3) is 0.625. The highest BCUT2D eigenvalue weighted by atomic mass is 16.5. The zero-order chi connectivity index (χ0) is 13.8. The quantitative estimate of drug-likeness (QED) is 0.856. The molecule has 0 saturated heterocycles. The maximum absolute atomic E-state index is 6.19. The van der Waals surface area contributed by atoms with E-state index in [2.05, 4.69) is 71.1 Å². The molecule has 0 aliphatic rings. The molecule has 1 aromatic rings. The van der Waals surface area contributed by atoms with E-state index in [1.54, 1.807) is 0 Å². The SMILES string of the molecule is Cc1ccccc1C(CNC(C)C)OC(C)(C)C. The Balaban J connectivity index is 2.86. The average Bonchev–Trinajstić information content (AvgIpc) is 2.23. The van der Waals surface area contributed by atoms with E-state index < -0.39 is 0 Å². The van der Waals surface area contributed by atoms with Gasteiger partial charge in [0.1, 0.15) is 0 Å². The Labute approximate surface area is 112 Å². The van der Waals surface area contributed by atoms with E-state index >= 15 is 0 Å². The van der Waals surface area contributed by atoms with Crippen LogP contribution >= 0.6 is 0 Å². The van der Waals surface area contributed by atoms with E-state index in [0.717, 1.165) is 6.54 Å². The summed E-state index contributed by atoms with van der Waals surface area (Å²) in [5, 5.41) is 3.47. The third-order valence-electron chi connectivity index (χ3n) is 2.74. The maximum Gasteiger partial charge on any atom is 0.0958 e. The molecule has 2 heteroatoms. The topological polar surface area (TPSA) is 21.3 Å². The van der Waals surface area contributed by atoms with Crippen molar-refractivity contribution in [3.8, 4) is 0 Å². The van der Waals surface area contributed by atoms with Gasteiger partial charge < -0.3 is 10.1 Å². The van der Waals surface area contributed by atoms with Gasteiger partial charge in [-0.3, -0.25) is 0 Å². The van der Waals surface area contributed by atoms with Crippen molar-refractivity contribution in [2.75, 3.05) is 6.54 Å². The third kappa shape index (κ3) is 5.19. The summed E-state index contributed by atoms with van der Waals surface area (Å²) in [6, 6.07) is 8.93. The van der Waals surface area contributed by atoms with Crippen LogP contribution in [0.25, 0.3) is 0 Å². The van der Waals surface area contributed by atoms with Crippen molar-refractivity contribution >= 4 is 0 Å². The highest BCUT2D eigenvalue weighted by Crippen LogP contribution is 2.25. The van der Waals surface area contributed by atoms with Gasteiger partial charge in [-0.15, -0.1) is 0 Å². The molecule has 0 amide bonds. The standard InChI is InChI=1S/C16H27NO/c1-12(2)17-11-15(18-16(4,5)6)14-10-8-7-9-13(14)3/h7-10,12,15,17H,11H2,1-6H3. The normalized spacial score (nSPS) is 13.9. The molecule has 1 unspecified atom stereocenters. The first-order valence-electron chi connectivity index (χ1n) is 6.76. The predicted octanol–water partition coefficient (Wildman–Crippen LogP) is 3.85. The van der Waals surface area contributed by atoms with Gasteiger partial charge in [0.15, 0.2) is 0 Å². The van der Waals surface area contributed by atoms with Crippen LogP contribution < -0.4 is 5.32 Å². The first kappa shape index (κ1) is 15.2. The molecule has 1 atom stereocenters. The third-order valence-corrected chi connectivity index (χ3v) is 2.74. The predicted molar refractivity (Wildman–Crippen MR) is 77.9 cm³/mol. The second kappa shape index (κ2) is 6.35. The minimum absolute atomic E-state index is 0.105. The smallest absolute Gasteiger partial charge is 0.0958 e. The zero-order valence-corrected chi connectivity index (χ0v) is 12.6. The molecule has 0 fully saturated rings. The van der Waals surface area contributed by atoms with Gasteiger partial charge in [0.25, 0.3) is 0 Å². The Morgan fingerprint density at radius 1 is 1.17 bits per heavy atom. The lowest BCUT2D eigenvalue weighted by Crippen LogP contribution is -2.33. The summed E-state index contributed by atoms with van der Waals surface area (Å²) in [5.41, 5.74) is 2.43. The van der Waals surface area contributed by atoms with Crippen molar-refractivity contribution in [3.05, 3.63) is 35.4 Å². The molecule has 0 heterocycles. The number of hydrogen-bond donors (Lipinski definition) is 1. The summed E-state index contributed by atoms with van der Waals surface area (Å²) < 4.78 is 6.19. The van der Waals surface area contributed by atoms with Crippen LogP contribution in [0.15, 0.2) is 24.3 Å². The van der Waals surface area contributed by atoms with Gasteiger partial charge in [0, 0.05) is 12.6 Å². The lowest BCUT2D eigenvalue weighted by Gasteiger charge is -2.29. The molecule has 1 N–H and O–H groups in total.